The van der Waals surface area contributed by atoms with Gasteiger partial charge >= 0.3 is 0 Å². The number of guanidine groups is 1. The van der Waals surface area contributed by atoms with Crippen molar-refractivity contribution in [3.05, 3.63) is 29.6 Å². The van der Waals surface area contributed by atoms with Gasteiger partial charge in [-0.3, -0.25) is 4.98 Å². The topological polar surface area (TPSA) is 63.3 Å². The molecular weight excluding hydrogens is 200 g/mol. The first-order chi connectivity index (χ1) is 7.59. The Bertz CT molecular complexity index is 358. The molecule has 3 N–H and O–H groups in total. The van der Waals surface area contributed by atoms with Crippen LogP contribution in [0.5, 0.6) is 0 Å². The molecule has 1 rings (SSSR count). The quantitative estimate of drug-likeness (QED) is 0.596. The highest BCUT2D eigenvalue weighted by atomic mass is 15.1. The van der Waals surface area contributed by atoms with E-state index in [1.807, 2.05) is 19.1 Å². The summed E-state index contributed by atoms with van der Waals surface area (Å²) in [5.41, 5.74) is 7.84. The van der Waals surface area contributed by atoms with Gasteiger partial charge in [0.25, 0.3) is 0 Å². The largest absolute Gasteiger partial charge is 0.370 e. The van der Waals surface area contributed by atoms with Gasteiger partial charge in [-0.1, -0.05) is 19.9 Å². The van der Waals surface area contributed by atoms with E-state index in [1.165, 1.54) is 0 Å². The number of pyridine rings is 1. The highest BCUT2D eigenvalue weighted by molar-refractivity contribution is 5.77. The first-order valence-electron chi connectivity index (χ1n) is 5.54. The van der Waals surface area contributed by atoms with E-state index in [9.17, 15) is 0 Å². The summed E-state index contributed by atoms with van der Waals surface area (Å²) >= 11 is 0. The lowest BCUT2D eigenvalue weighted by molar-refractivity contribution is 0.621. The molecule has 1 aromatic heterocycles. The summed E-state index contributed by atoms with van der Waals surface area (Å²) in [6, 6.07) is 3.94. The third-order valence-electron chi connectivity index (χ3n) is 2.21. The van der Waals surface area contributed by atoms with Crippen molar-refractivity contribution in [2.24, 2.45) is 16.6 Å². The van der Waals surface area contributed by atoms with Gasteiger partial charge in [0.15, 0.2) is 5.96 Å². The molecule has 1 aromatic rings. The molecule has 0 saturated heterocycles. The predicted octanol–water partition coefficient (Wildman–Crippen LogP) is 1.45. The van der Waals surface area contributed by atoms with Crippen molar-refractivity contribution in [2.45, 2.75) is 27.3 Å². The smallest absolute Gasteiger partial charge is 0.188 e. The highest BCUT2D eigenvalue weighted by Gasteiger charge is 1.98. The minimum absolute atomic E-state index is 0.485. The van der Waals surface area contributed by atoms with Gasteiger partial charge in [-0.15, -0.1) is 0 Å². The van der Waals surface area contributed by atoms with E-state index in [-0.39, 0.29) is 0 Å². The Labute approximate surface area is 97.0 Å². The summed E-state index contributed by atoms with van der Waals surface area (Å²) in [4.78, 5) is 8.50. The Kier molecular flexibility index (Phi) is 4.76. The summed E-state index contributed by atoms with van der Waals surface area (Å²) < 4.78 is 0. The minimum atomic E-state index is 0.485. The van der Waals surface area contributed by atoms with Crippen LogP contribution in [0.3, 0.4) is 0 Å². The van der Waals surface area contributed by atoms with Crippen LogP contribution in [0, 0.1) is 12.8 Å². The molecule has 0 atom stereocenters. The molecule has 0 aliphatic carbocycles. The number of nitrogens with zero attached hydrogens (tertiary/aromatic N) is 2. The molecule has 0 radical (unpaired) electrons. The second-order valence-electron chi connectivity index (χ2n) is 4.24. The molecule has 4 heteroatoms. The summed E-state index contributed by atoms with van der Waals surface area (Å²) in [5, 5.41) is 3.07. The van der Waals surface area contributed by atoms with Crippen LogP contribution < -0.4 is 11.1 Å². The van der Waals surface area contributed by atoms with Gasteiger partial charge in [-0.2, -0.15) is 0 Å². The van der Waals surface area contributed by atoms with Crippen molar-refractivity contribution in [3.8, 4) is 0 Å². The number of aromatic nitrogens is 1. The van der Waals surface area contributed by atoms with Crippen LogP contribution in [0.15, 0.2) is 23.3 Å². The summed E-state index contributed by atoms with van der Waals surface area (Å²) in [7, 11) is 0. The number of aryl methyl sites for hydroxylation is 1. The molecule has 0 unspecified atom stereocenters. The zero-order chi connectivity index (χ0) is 12.0. The molecule has 0 bridgehead atoms. The second kappa shape index (κ2) is 6.10. The van der Waals surface area contributed by atoms with Crippen LogP contribution in [0.2, 0.25) is 0 Å². The second-order valence-corrected chi connectivity index (χ2v) is 4.24. The van der Waals surface area contributed by atoms with E-state index in [4.69, 9.17) is 5.73 Å². The van der Waals surface area contributed by atoms with Crippen LogP contribution >= 0.6 is 0 Å². The van der Waals surface area contributed by atoms with Crippen molar-refractivity contribution in [1.29, 1.82) is 0 Å². The van der Waals surface area contributed by atoms with Gasteiger partial charge in [-0.05, 0) is 24.5 Å². The lowest BCUT2D eigenvalue weighted by atomic mass is 10.2. The number of rotatable bonds is 4. The highest BCUT2D eigenvalue weighted by Crippen LogP contribution is 2.03. The van der Waals surface area contributed by atoms with Gasteiger partial charge in [0, 0.05) is 12.7 Å². The molecule has 0 amide bonds. The summed E-state index contributed by atoms with van der Waals surface area (Å²) in [6.07, 6.45) is 1.77. The normalized spacial score (nSPS) is 11.9. The van der Waals surface area contributed by atoms with Crippen LogP contribution in [0.4, 0.5) is 0 Å². The Balaban J connectivity index is 2.49. The molecule has 0 fully saturated rings. The number of hydrogen-bond donors (Lipinski definition) is 2. The molecule has 88 valence electrons. The number of nitrogens with two attached hydrogens (primary N) is 1. The van der Waals surface area contributed by atoms with Gasteiger partial charge in [0.2, 0.25) is 0 Å². The molecule has 0 spiro atoms. The van der Waals surface area contributed by atoms with E-state index < -0.39 is 0 Å². The summed E-state index contributed by atoms with van der Waals surface area (Å²) in [5.74, 6) is 1.05. The maximum atomic E-state index is 5.73. The number of aliphatic imine (C=N–C) groups is 1. The van der Waals surface area contributed by atoms with E-state index >= 15 is 0 Å². The van der Waals surface area contributed by atoms with E-state index in [0.717, 1.165) is 17.8 Å². The lowest BCUT2D eigenvalue weighted by Gasteiger charge is -2.08. The molecule has 0 saturated carbocycles. The molecule has 4 nitrogen and oxygen atoms in total. The minimum Gasteiger partial charge on any atom is -0.370 e. The van der Waals surface area contributed by atoms with Gasteiger partial charge in [0.1, 0.15) is 0 Å². The SMILES string of the molecule is Cc1cccnc1CN=C(N)NCC(C)C. The fourth-order valence-electron chi connectivity index (χ4n) is 1.21. The van der Waals surface area contributed by atoms with Crippen molar-refractivity contribution in [3.63, 3.8) is 0 Å². The first-order valence-corrected chi connectivity index (χ1v) is 5.54. The molecule has 0 aliphatic rings. The fourth-order valence-corrected chi connectivity index (χ4v) is 1.21. The van der Waals surface area contributed by atoms with E-state index in [0.29, 0.717) is 18.4 Å². The maximum Gasteiger partial charge on any atom is 0.188 e. The average molecular weight is 220 g/mol. The van der Waals surface area contributed by atoms with Crippen LogP contribution in [0.25, 0.3) is 0 Å². The van der Waals surface area contributed by atoms with Crippen LogP contribution in [-0.2, 0) is 6.54 Å². The van der Waals surface area contributed by atoms with Crippen LogP contribution in [0.1, 0.15) is 25.1 Å². The molecule has 16 heavy (non-hydrogen) atoms. The van der Waals surface area contributed by atoms with Crippen molar-refractivity contribution in [2.75, 3.05) is 6.54 Å². The zero-order valence-corrected chi connectivity index (χ0v) is 10.2. The Hall–Kier alpha value is -1.58. The monoisotopic (exact) mass is 220 g/mol. The Morgan fingerprint density at radius 1 is 1.56 bits per heavy atom. The third kappa shape index (κ3) is 4.29. The Morgan fingerprint density at radius 2 is 2.31 bits per heavy atom. The number of hydrogen-bond acceptors (Lipinski definition) is 2. The molecular formula is C12H20N4. The number of nitrogens with one attached hydrogen (secondary N) is 1. The molecule has 0 aromatic carbocycles. The van der Waals surface area contributed by atoms with E-state index in [1.54, 1.807) is 6.20 Å². The average Bonchev–Trinajstić information content (AvgIpc) is 2.25. The maximum absolute atomic E-state index is 5.73. The molecule has 1 heterocycles. The zero-order valence-electron chi connectivity index (χ0n) is 10.2. The fraction of sp³-hybridized carbons (Fsp3) is 0.500. The lowest BCUT2D eigenvalue weighted by Crippen LogP contribution is -2.34. The summed E-state index contributed by atoms with van der Waals surface area (Å²) in [6.45, 7) is 7.65. The van der Waals surface area contributed by atoms with Gasteiger partial charge in [0.05, 0.1) is 12.2 Å². The molecule has 0 aliphatic heterocycles. The van der Waals surface area contributed by atoms with Gasteiger partial charge in [-0.25, -0.2) is 4.99 Å². The van der Waals surface area contributed by atoms with Crippen LogP contribution in [-0.4, -0.2) is 17.5 Å². The Morgan fingerprint density at radius 3 is 2.94 bits per heavy atom. The third-order valence-corrected chi connectivity index (χ3v) is 2.21. The standard InChI is InChI=1S/C12H20N4/c1-9(2)7-15-12(13)16-8-11-10(3)5-4-6-14-11/h4-6,9H,7-8H2,1-3H3,(H3,13,15,16). The van der Waals surface area contributed by atoms with Crippen molar-refractivity contribution >= 4 is 5.96 Å². The predicted molar refractivity (Wildman–Crippen MR) is 67.1 cm³/mol. The van der Waals surface area contributed by atoms with E-state index in [2.05, 4.69) is 29.1 Å². The first kappa shape index (κ1) is 12.5. The van der Waals surface area contributed by atoms with Crippen molar-refractivity contribution in [1.82, 2.24) is 10.3 Å². The van der Waals surface area contributed by atoms with Crippen molar-refractivity contribution < 1.29 is 0 Å². The van der Waals surface area contributed by atoms with Gasteiger partial charge < -0.3 is 11.1 Å².